The van der Waals surface area contributed by atoms with E-state index in [0.717, 1.165) is 30.5 Å². The average molecular weight is 373 g/mol. The van der Waals surface area contributed by atoms with E-state index >= 15 is 0 Å². The first-order valence-corrected chi connectivity index (χ1v) is 8.49. The molecule has 3 rings (SSSR count). The third kappa shape index (κ3) is 3.77. The highest BCUT2D eigenvalue weighted by atomic mass is 79.9. The number of carbonyl (C=O) groups is 1. The van der Waals surface area contributed by atoms with Crippen LogP contribution >= 0.6 is 27.5 Å². The zero-order valence-electron chi connectivity index (χ0n) is 11.7. The number of benzene rings is 1. The van der Waals surface area contributed by atoms with E-state index in [4.69, 9.17) is 11.6 Å². The zero-order valence-corrected chi connectivity index (χ0v) is 14.1. The van der Waals surface area contributed by atoms with E-state index in [0.29, 0.717) is 29.2 Å². The van der Waals surface area contributed by atoms with Gasteiger partial charge in [-0.2, -0.15) is 0 Å². The number of carbonyl (C=O) groups excluding carboxylic acids is 1. The Kier molecular flexibility index (Phi) is 4.84. The lowest BCUT2D eigenvalue weighted by Crippen LogP contribution is -2.46. The summed E-state index contributed by atoms with van der Waals surface area (Å²) in [7, 11) is 0. The number of halogens is 2. The molecule has 2 aliphatic heterocycles. The van der Waals surface area contributed by atoms with Gasteiger partial charge in [-0.05, 0) is 43.5 Å². The second-order valence-corrected chi connectivity index (χ2v) is 7.13. The number of amides is 1. The fourth-order valence-corrected chi connectivity index (χ4v) is 3.97. The van der Waals surface area contributed by atoms with E-state index in [1.807, 2.05) is 12.1 Å². The van der Waals surface area contributed by atoms with Crippen molar-refractivity contribution in [3.8, 4) is 0 Å². The molecule has 0 saturated carbocycles. The molecule has 0 radical (unpaired) electrons. The first-order valence-electron chi connectivity index (χ1n) is 7.32. The summed E-state index contributed by atoms with van der Waals surface area (Å²) in [5, 5.41) is 6.98. The Morgan fingerprint density at radius 2 is 2.33 bits per heavy atom. The maximum atomic E-state index is 12.2. The van der Waals surface area contributed by atoms with Crippen molar-refractivity contribution in [3.63, 3.8) is 0 Å². The molecule has 114 valence electrons. The Labute approximate surface area is 138 Å². The Bertz CT molecular complexity index is 540. The maximum Gasteiger partial charge on any atom is 0.238 e. The van der Waals surface area contributed by atoms with Gasteiger partial charge in [0.05, 0.1) is 17.3 Å². The van der Waals surface area contributed by atoms with Crippen LogP contribution in [0.5, 0.6) is 0 Å². The molecule has 0 spiro atoms. The molecule has 21 heavy (non-hydrogen) atoms. The Hall–Kier alpha value is -0.620. The number of anilines is 1. The minimum atomic E-state index is 0.00336. The van der Waals surface area contributed by atoms with Crippen molar-refractivity contribution >= 4 is 39.1 Å². The van der Waals surface area contributed by atoms with Gasteiger partial charge in [0.15, 0.2) is 0 Å². The van der Waals surface area contributed by atoms with Crippen molar-refractivity contribution in [3.05, 3.63) is 27.7 Å². The van der Waals surface area contributed by atoms with Crippen LogP contribution in [-0.4, -0.2) is 43.0 Å². The molecule has 1 aromatic rings. The van der Waals surface area contributed by atoms with Gasteiger partial charge in [-0.25, -0.2) is 0 Å². The van der Waals surface area contributed by atoms with E-state index in [9.17, 15) is 4.79 Å². The van der Waals surface area contributed by atoms with Crippen LogP contribution in [0.3, 0.4) is 0 Å². The van der Waals surface area contributed by atoms with E-state index in [2.05, 4.69) is 31.5 Å². The summed E-state index contributed by atoms with van der Waals surface area (Å²) in [6.07, 6.45) is 2.36. The molecule has 4 nitrogen and oxygen atoms in total. The number of nitrogens with zero attached hydrogens (tertiary/aromatic N) is 1. The molecule has 2 heterocycles. The van der Waals surface area contributed by atoms with Crippen molar-refractivity contribution in [1.82, 2.24) is 10.2 Å². The average Bonchev–Trinajstić information content (AvgIpc) is 2.89. The summed E-state index contributed by atoms with van der Waals surface area (Å²) in [5.41, 5.74) is 0.669. The first-order chi connectivity index (χ1) is 10.1. The topological polar surface area (TPSA) is 44.4 Å². The van der Waals surface area contributed by atoms with Gasteiger partial charge in [0.2, 0.25) is 5.91 Å². The van der Waals surface area contributed by atoms with Gasteiger partial charge in [-0.15, -0.1) is 0 Å². The van der Waals surface area contributed by atoms with Crippen molar-refractivity contribution in [2.24, 2.45) is 5.92 Å². The highest BCUT2D eigenvalue weighted by molar-refractivity contribution is 9.10. The van der Waals surface area contributed by atoms with Gasteiger partial charge in [-0.1, -0.05) is 27.5 Å². The van der Waals surface area contributed by atoms with Gasteiger partial charge in [0.25, 0.3) is 0 Å². The summed E-state index contributed by atoms with van der Waals surface area (Å²) in [4.78, 5) is 14.4. The van der Waals surface area contributed by atoms with Crippen LogP contribution in [0.2, 0.25) is 5.02 Å². The van der Waals surface area contributed by atoms with Crippen LogP contribution in [0.4, 0.5) is 5.69 Å². The van der Waals surface area contributed by atoms with Crippen molar-refractivity contribution in [2.75, 3.05) is 31.5 Å². The van der Waals surface area contributed by atoms with Gasteiger partial charge < -0.3 is 10.6 Å². The largest absolute Gasteiger partial charge is 0.324 e. The molecular weight excluding hydrogens is 354 g/mol. The standard InChI is InChI=1S/C15H19BrClN3O/c16-11-1-2-14(12(17)7-11)19-15(21)9-20-6-4-13-10(8-20)3-5-18-13/h1-2,7,10,13,18H,3-6,8-9H2,(H,19,21). The number of nitrogens with one attached hydrogen (secondary N) is 2. The number of piperidine rings is 1. The number of fused-ring (bicyclic) bond motifs is 1. The lowest BCUT2D eigenvalue weighted by atomic mass is 9.93. The molecule has 2 aliphatic rings. The minimum absolute atomic E-state index is 0.00336. The van der Waals surface area contributed by atoms with Crippen LogP contribution in [-0.2, 0) is 4.79 Å². The second kappa shape index (κ2) is 6.65. The zero-order chi connectivity index (χ0) is 14.8. The molecule has 1 aromatic carbocycles. The van der Waals surface area contributed by atoms with Gasteiger partial charge in [0.1, 0.15) is 0 Å². The monoisotopic (exact) mass is 371 g/mol. The Morgan fingerprint density at radius 1 is 1.48 bits per heavy atom. The molecular formula is C15H19BrClN3O. The third-order valence-electron chi connectivity index (χ3n) is 4.31. The maximum absolute atomic E-state index is 12.2. The van der Waals surface area contributed by atoms with Crippen LogP contribution in [0, 0.1) is 5.92 Å². The summed E-state index contributed by atoms with van der Waals surface area (Å²) < 4.78 is 0.904. The Balaban J connectivity index is 1.54. The lowest BCUT2D eigenvalue weighted by Gasteiger charge is -2.34. The van der Waals surface area contributed by atoms with Crippen molar-refractivity contribution in [2.45, 2.75) is 18.9 Å². The number of hydrogen-bond donors (Lipinski definition) is 2. The normalized spacial score (nSPS) is 25.6. The SMILES string of the molecule is O=C(CN1CCC2NCCC2C1)Nc1ccc(Br)cc1Cl. The molecule has 0 bridgehead atoms. The van der Waals surface area contributed by atoms with Crippen LogP contribution in [0.15, 0.2) is 22.7 Å². The van der Waals surface area contributed by atoms with E-state index in [1.54, 1.807) is 6.07 Å². The molecule has 2 N–H and O–H groups in total. The molecule has 1 amide bonds. The smallest absolute Gasteiger partial charge is 0.238 e. The predicted octanol–water partition coefficient (Wildman–Crippen LogP) is 2.72. The Morgan fingerprint density at radius 3 is 3.14 bits per heavy atom. The molecule has 2 fully saturated rings. The lowest BCUT2D eigenvalue weighted by molar-refractivity contribution is -0.117. The van der Waals surface area contributed by atoms with E-state index in [1.165, 1.54) is 6.42 Å². The number of hydrogen-bond acceptors (Lipinski definition) is 3. The first kappa shape index (κ1) is 15.3. The molecule has 6 heteroatoms. The fourth-order valence-electron chi connectivity index (χ4n) is 3.25. The van der Waals surface area contributed by atoms with Gasteiger partial charge >= 0.3 is 0 Å². The van der Waals surface area contributed by atoms with Crippen LogP contribution in [0.25, 0.3) is 0 Å². The van der Waals surface area contributed by atoms with Crippen molar-refractivity contribution < 1.29 is 4.79 Å². The highest BCUT2D eigenvalue weighted by Gasteiger charge is 2.32. The molecule has 2 unspecified atom stereocenters. The molecule has 0 aliphatic carbocycles. The summed E-state index contributed by atoms with van der Waals surface area (Å²) in [6.45, 7) is 3.55. The van der Waals surface area contributed by atoms with E-state index in [-0.39, 0.29) is 5.91 Å². The second-order valence-electron chi connectivity index (χ2n) is 5.81. The van der Waals surface area contributed by atoms with Gasteiger partial charge in [-0.3, -0.25) is 9.69 Å². The third-order valence-corrected chi connectivity index (χ3v) is 5.12. The molecule has 2 saturated heterocycles. The van der Waals surface area contributed by atoms with Gasteiger partial charge in [0, 0.05) is 23.6 Å². The predicted molar refractivity (Wildman–Crippen MR) is 88.7 cm³/mol. The van der Waals surface area contributed by atoms with Crippen LogP contribution in [0.1, 0.15) is 12.8 Å². The number of likely N-dealkylation sites (tertiary alicyclic amines) is 1. The quantitative estimate of drug-likeness (QED) is 0.857. The molecule has 0 aromatic heterocycles. The number of rotatable bonds is 3. The summed E-state index contributed by atoms with van der Waals surface area (Å²) in [6, 6.07) is 6.13. The highest BCUT2D eigenvalue weighted by Crippen LogP contribution is 2.26. The fraction of sp³-hybridized carbons (Fsp3) is 0.533. The van der Waals surface area contributed by atoms with Crippen molar-refractivity contribution in [1.29, 1.82) is 0 Å². The van der Waals surface area contributed by atoms with Crippen LogP contribution < -0.4 is 10.6 Å². The summed E-state index contributed by atoms with van der Waals surface area (Å²) >= 11 is 9.48. The summed E-state index contributed by atoms with van der Waals surface area (Å²) in [5.74, 6) is 0.700. The minimum Gasteiger partial charge on any atom is -0.324 e. The molecule has 2 atom stereocenters. The van der Waals surface area contributed by atoms with E-state index < -0.39 is 0 Å².